The lowest BCUT2D eigenvalue weighted by molar-refractivity contribution is -0.138. The summed E-state index contributed by atoms with van der Waals surface area (Å²) < 4.78 is 18.7. The van der Waals surface area contributed by atoms with Gasteiger partial charge in [-0.25, -0.2) is 4.39 Å². The van der Waals surface area contributed by atoms with Gasteiger partial charge in [-0.3, -0.25) is 9.59 Å². The molecule has 2 rings (SSSR count). The Kier molecular flexibility index (Phi) is 5.27. The van der Waals surface area contributed by atoms with E-state index in [0.29, 0.717) is 6.61 Å². The molecule has 0 aromatic heterocycles. The fourth-order valence-corrected chi connectivity index (χ4v) is 2.40. The van der Waals surface area contributed by atoms with Crippen LogP contribution >= 0.6 is 0 Å². The first kappa shape index (κ1) is 15.4. The number of alkyl halides is 1. The molecule has 0 aliphatic carbocycles. The first-order chi connectivity index (χ1) is 10.1. The van der Waals surface area contributed by atoms with E-state index in [1.54, 1.807) is 0 Å². The predicted molar refractivity (Wildman–Crippen MR) is 74.9 cm³/mol. The summed E-state index contributed by atoms with van der Waals surface area (Å²) in [6, 6.07) is 8.76. The van der Waals surface area contributed by atoms with Crippen molar-refractivity contribution in [3.8, 4) is 0 Å². The highest BCUT2D eigenvalue weighted by molar-refractivity contribution is 5.87. The molecule has 6 heteroatoms. The number of benzene rings is 1. The molecule has 1 aromatic rings. The minimum atomic E-state index is -1.18. The number of likely N-dealkylation sites (tertiary alicyclic amines) is 1. The lowest BCUT2D eigenvalue weighted by Gasteiger charge is -2.21. The normalized spacial score (nSPS) is 21.5. The number of rotatable bonds is 6. The van der Waals surface area contributed by atoms with Crippen LogP contribution in [-0.4, -0.2) is 42.1 Å². The molecule has 21 heavy (non-hydrogen) atoms. The predicted octanol–water partition coefficient (Wildman–Crippen LogP) is 1.02. The average molecular weight is 294 g/mol. The van der Waals surface area contributed by atoms with Crippen molar-refractivity contribution in [3.63, 3.8) is 0 Å². The summed E-state index contributed by atoms with van der Waals surface area (Å²) in [5.41, 5.74) is 6.21. The first-order valence-corrected chi connectivity index (χ1v) is 6.92. The number of amides is 2. The van der Waals surface area contributed by atoms with Gasteiger partial charge in [-0.15, -0.1) is 0 Å². The Labute approximate surface area is 122 Å². The monoisotopic (exact) mass is 294 g/mol. The number of ether oxygens (including phenoxy) is 1. The van der Waals surface area contributed by atoms with E-state index in [4.69, 9.17) is 10.5 Å². The van der Waals surface area contributed by atoms with Gasteiger partial charge in [0.25, 0.3) is 0 Å². The third kappa shape index (κ3) is 4.26. The maximum Gasteiger partial charge on any atom is 0.240 e. The van der Waals surface area contributed by atoms with Gasteiger partial charge in [0.05, 0.1) is 26.2 Å². The van der Waals surface area contributed by atoms with E-state index in [1.807, 2.05) is 30.3 Å². The highest BCUT2D eigenvalue weighted by Gasteiger charge is 2.38. The molecule has 1 aromatic carbocycles. The van der Waals surface area contributed by atoms with Crippen LogP contribution in [0.15, 0.2) is 30.3 Å². The van der Waals surface area contributed by atoms with Gasteiger partial charge in [-0.1, -0.05) is 30.3 Å². The molecular formula is C15H19FN2O3. The summed E-state index contributed by atoms with van der Waals surface area (Å²) in [6.45, 7) is 0.580. The minimum Gasteiger partial charge on any atom is -0.376 e. The van der Waals surface area contributed by atoms with E-state index in [0.717, 1.165) is 5.56 Å². The number of carbonyl (C=O) groups is 2. The number of primary amides is 1. The lowest BCUT2D eigenvalue weighted by Crippen LogP contribution is -2.44. The van der Waals surface area contributed by atoms with E-state index >= 15 is 0 Å². The van der Waals surface area contributed by atoms with Crippen molar-refractivity contribution in [2.45, 2.75) is 31.7 Å². The number of halogens is 1. The van der Waals surface area contributed by atoms with Gasteiger partial charge in [0.1, 0.15) is 12.2 Å². The molecule has 0 saturated carbocycles. The lowest BCUT2D eigenvalue weighted by atomic mass is 10.2. The van der Waals surface area contributed by atoms with Crippen LogP contribution in [0.5, 0.6) is 0 Å². The van der Waals surface area contributed by atoms with Crippen LogP contribution in [-0.2, 0) is 20.9 Å². The number of nitrogens with zero attached hydrogens (tertiary/aromatic N) is 1. The van der Waals surface area contributed by atoms with Crippen molar-refractivity contribution >= 4 is 11.8 Å². The Bertz CT molecular complexity index is 495. The number of hydrogen-bond donors (Lipinski definition) is 1. The van der Waals surface area contributed by atoms with Crippen LogP contribution in [0.25, 0.3) is 0 Å². The van der Waals surface area contributed by atoms with Crippen molar-refractivity contribution in [2.75, 3.05) is 13.2 Å². The highest BCUT2D eigenvalue weighted by Crippen LogP contribution is 2.21. The second-order valence-electron chi connectivity index (χ2n) is 5.09. The van der Waals surface area contributed by atoms with Gasteiger partial charge < -0.3 is 15.4 Å². The zero-order chi connectivity index (χ0) is 15.2. The van der Waals surface area contributed by atoms with Gasteiger partial charge >= 0.3 is 0 Å². The molecule has 0 spiro atoms. The third-order valence-corrected chi connectivity index (χ3v) is 3.47. The first-order valence-electron chi connectivity index (χ1n) is 6.92. The molecule has 2 atom stereocenters. The molecular weight excluding hydrogens is 275 g/mol. The second kappa shape index (κ2) is 7.17. The standard InChI is InChI=1S/C15H19FN2O3/c16-12-8-13(15(17)20)18(9-12)14(19)6-7-21-10-11-4-2-1-3-5-11/h1-5,12-13H,6-10H2,(H2,17,20)/t12-,13+/m1/s1. The Hall–Kier alpha value is -1.95. The van der Waals surface area contributed by atoms with E-state index in [9.17, 15) is 14.0 Å². The van der Waals surface area contributed by atoms with Crippen LogP contribution in [0.4, 0.5) is 4.39 Å². The SMILES string of the molecule is NC(=O)[C@@H]1C[C@@H](F)CN1C(=O)CCOCc1ccccc1. The molecule has 1 fully saturated rings. The summed E-state index contributed by atoms with van der Waals surface area (Å²) in [5, 5.41) is 0. The van der Waals surface area contributed by atoms with Crippen LogP contribution in [0, 0.1) is 0 Å². The van der Waals surface area contributed by atoms with E-state index in [1.165, 1.54) is 4.90 Å². The Morgan fingerprint density at radius 3 is 2.71 bits per heavy atom. The topological polar surface area (TPSA) is 72.6 Å². The summed E-state index contributed by atoms with van der Waals surface area (Å²) in [7, 11) is 0. The zero-order valence-corrected chi connectivity index (χ0v) is 11.7. The summed E-state index contributed by atoms with van der Waals surface area (Å²) >= 11 is 0. The average Bonchev–Trinajstić information content (AvgIpc) is 2.87. The summed E-state index contributed by atoms with van der Waals surface area (Å²) in [4.78, 5) is 24.4. The fourth-order valence-electron chi connectivity index (χ4n) is 2.40. The van der Waals surface area contributed by atoms with E-state index < -0.39 is 18.1 Å². The Morgan fingerprint density at radius 2 is 2.05 bits per heavy atom. The maximum atomic E-state index is 13.3. The molecule has 1 saturated heterocycles. The molecule has 5 nitrogen and oxygen atoms in total. The summed E-state index contributed by atoms with van der Waals surface area (Å²) in [5.74, 6) is -0.958. The van der Waals surface area contributed by atoms with E-state index in [-0.39, 0.29) is 31.9 Å². The highest BCUT2D eigenvalue weighted by atomic mass is 19.1. The Morgan fingerprint density at radius 1 is 1.33 bits per heavy atom. The van der Waals surface area contributed by atoms with Gasteiger partial charge in [0.2, 0.25) is 11.8 Å². The van der Waals surface area contributed by atoms with Crippen LogP contribution < -0.4 is 5.73 Å². The largest absolute Gasteiger partial charge is 0.376 e. The number of nitrogens with two attached hydrogens (primary N) is 1. The van der Waals surface area contributed by atoms with Crippen molar-refractivity contribution in [1.29, 1.82) is 0 Å². The van der Waals surface area contributed by atoms with Crippen LogP contribution in [0.3, 0.4) is 0 Å². The molecule has 1 aliphatic heterocycles. The third-order valence-electron chi connectivity index (χ3n) is 3.47. The smallest absolute Gasteiger partial charge is 0.240 e. The van der Waals surface area contributed by atoms with Crippen molar-refractivity contribution in [2.24, 2.45) is 5.73 Å². The zero-order valence-electron chi connectivity index (χ0n) is 11.7. The van der Waals surface area contributed by atoms with Crippen LogP contribution in [0.2, 0.25) is 0 Å². The quantitative estimate of drug-likeness (QED) is 0.796. The van der Waals surface area contributed by atoms with Gasteiger partial charge in [-0.05, 0) is 5.56 Å². The Balaban J connectivity index is 1.75. The molecule has 2 amide bonds. The van der Waals surface area contributed by atoms with Gasteiger partial charge in [0.15, 0.2) is 0 Å². The van der Waals surface area contributed by atoms with E-state index in [2.05, 4.69) is 0 Å². The van der Waals surface area contributed by atoms with Crippen molar-refractivity contribution in [3.05, 3.63) is 35.9 Å². The van der Waals surface area contributed by atoms with Crippen LogP contribution in [0.1, 0.15) is 18.4 Å². The molecule has 114 valence electrons. The molecule has 1 heterocycles. The van der Waals surface area contributed by atoms with Gasteiger partial charge in [-0.2, -0.15) is 0 Å². The number of hydrogen-bond acceptors (Lipinski definition) is 3. The fraction of sp³-hybridized carbons (Fsp3) is 0.467. The van der Waals surface area contributed by atoms with Crippen molar-refractivity contribution in [1.82, 2.24) is 4.90 Å². The molecule has 2 N–H and O–H groups in total. The summed E-state index contributed by atoms with van der Waals surface area (Å²) in [6.07, 6.45) is -1.08. The molecule has 0 radical (unpaired) electrons. The second-order valence-corrected chi connectivity index (χ2v) is 5.09. The van der Waals surface area contributed by atoms with Gasteiger partial charge in [0, 0.05) is 6.42 Å². The number of carbonyl (C=O) groups excluding carboxylic acids is 2. The molecule has 1 aliphatic rings. The van der Waals surface area contributed by atoms with Crippen molar-refractivity contribution < 1.29 is 18.7 Å². The molecule has 0 bridgehead atoms. The minimum absolute atomic E-state index is 0.00799. The molecule has 0 unspecified atom stereocenters. The maximum absolute atomic E-state index is 13.3.